The Kier molecular flexibility index (Phi) is 12.5. The van der Waals surface area contributed by atoms with Crippen molar-refractivity contribution < 1.29 is 45.4 Å². The van der Waals surface area contributed by atoms with E-state index in [-0.39, 0.29) is 32.1 Å². The lowest BCUT2D eigenvalue weighted by Crippen LogP contribution is -2.52. The number of ether oxygens (including phenoxy) is 1. The van der Waals surface area contributed by atoms with Gasteiger partial charge in [-0.1, -0.05) is 81.4 Å². The van der Waals surface area contributed by atoms with E-state index in [9.17, 15) is 36.3 Å². The van der Waals surface area contributed by atoms with Crippen molar-refractivity contribution in [3.63, 3.8) is 0 Å². The first-order valence-electron chi connectivity index (χ1n) is 16.9. The van der Waals surface area contributed by atoms with Gasteiger partial charge in [0.1, 0.15) is 11.6 Å². The Morgan fingerprint density at radius 3 is 2.09 bits per heavy atom. The Labute approximate surface area is 315 Å². The summed E-state index contributed by atoms with van der Waals surface area (Å²) >= 11 is 0.611. The lowest BCUT2D eigenvalue weighted by molar-refractivity contribution is -0.163. The molecule has 288 valence electrons. The number of alkyl carbamates (subject to hydrolysis) is 1. The van der Waals surface area contributed by atoms with Crippen LogP contribution in [-0.2, 0) is 19.6 Å². The first-order chi connectivity index (χ1) is 25.5. The number of nitrogens with zero attached hydrogens (tertiary/aromatic N) is 2. The average molecular weight is 787 g/mol. The van der Waals surface area contributed by atoms with Crippen LogP contribution >= 0.6 is 11.3 Å². The third-order valence-electron chi connectivity index (χ3n) is 8.78. The number of aromatic nitrogens is 1. The minimum Gasteiger partial charge on any atom is -0.453 e. The SMILES string of the molecule is COC(=O)N[C@H](C(=O)N[C@H](c1ccc([C@@H](CO)N(CCC(C)(C)C)S(=O)(=O)c2ccc3ocnc3c2)s1)C(F)(F)F)C(c1ccccc1)c1ccccc1. The van der Waals surface area contributed by atoms with Gasteiger partial charge in [0.15, 0.2) is 18.0 Å². The number of thiophene rings is 1. The number of oxazole rings is 1. The molecule has 0 aliphatic heterocycles. The molecule has 0 saturated heterocycles. The van der Waals surface area contributed by atoms with Crippen LogP contribution in [0.2, 0.25) is 0 Å². The Hall–Kier alpha value is -4.77. The Morgan fingerprint density at radius 2 is 1.54 bits per heavy atom. The van der Waals surface area contributed by atoms with Crippen LogP contribution in [0.5, 0.6) is 0 Å². The van der Waals surface area contributed by atoms with Crippen molar-refractivity contribution in [1.82, 2.24) is 19.9 Å². The smallest absolute Gasteiger partial charge is 0.413 e. The van der Waals surface area contributed by atoms with Gasteiger partial charge in [-0.05, 0) is 53.3 Å². The molecule has 16 heteroatoms. The molecule has 11 nitrogen and oxygen atoms in total. The molecular weight excluding hydrogens is 746 g/mol. The minimum atomic E-state index is -5.03. The number of sulfonamides is 1. The maximum atomic E-state index is 14.9. The number of fused-ring (bicyclic) bond motifs is 1. The van der Waals surface area contributed by atoms with Crippen molar-refractivity contribution in [2.75, 3.05) is 20.3 Å². The maximum absolute atomic E-state index is 14.9. The van der Waals surface area contributed by atoms with Gasteiger partial charge in [0.2, 0.25) is 15.9 Å². The summed E-state index contributed by atoms with van der Waals surface area (Å²) in [6.07, 6.45) is -4.52. The zero-order valence-electron chi connectivity index (χ0n) is 29.9. The summed E-state index contributed by atoms with van der Waals surface area (Å²) in [5.41, 5.74) is 1.40. The Bertz CT molecular complexity index is 2100. The second-order valence-electron chi connectivity index (χ2n) is 13.7. The van der Waals surface area contributed by atoms with Crippen molar-refractivity contribution in [2.24, 2.45) is 5.41 Å². The molecule has 2 amide bonds. The maximum Gasteiger partial charge on any atom is 0.413 e. The summed E-state index contributed by atoms with van der Waals surface area (Å²) in [5.74, 6) is -2.07. The highest BCUT2D eigenvalue weighted by Gasteiger charge is 2.46. The molecule has 0 bridgehead atoms. The summed E-state index contributed by atoms with van der Waals surface area (Å²) in [7, 11) is -3.27. The van der Waals surface area contributed by atoms with Gasteiger partial charge in [-0.2, -0.15) is 17.5 Å². The highest BCUT2D eigenvalue weighted by atomic mass is 32.2. The highest BCUT2D eigenvalue weighted by molar-refractivity contribution is 7.89. The van der Waals surface area contributed by atoms with Crippen LogP contribution in [0, 0.1) is 5.41 Å². The molecule has 5 aromatic rings. The number of nitrogens with one attached hydrogen (secondary N) is 2. The van der Waals surface area contributed by atoms with Crippen LogP contribution < -0.4 is 10.6 Å². The van der Waals surface area contributed by atoms with Crippen molar-refractivity contribution in [3.05, 3.63) is 118 Å². The third kappa shape index (κ3) is 9.47. The predicted octanol–water partition coefficient (Wildman–Crippen LogP) is 7.33. The van der Waals surface area contributed by atoms with E-state index >= 15 is 0 Å². The first-order valence-corrected chi connectivity index (χ1v) is 19.2. The summed E-state index contributed by atoms with van der Waals surface area (Å²) in [5, 5.41) is 15.2. The molecule has 0 spiro atoms. The number of halogens is 3. The lowest BCUT2D eigenvalue weighted by Gasteiger charge is -2.32. The zero-order chi connectivity index (χ0) is 39.3. The number of benzene rings is 3. The molecule has 0 radical (unpaired) electrons. The van der Waals surface area contributed by atoms with E-state index in [4.69, 9.17) is 9.15 Å². The van der Waals surface area contributed by atoms with Gasteiger partial charge in [-0.15, -0.1) is 11.3 Å². The van der Waals surface area contributed by atoms with Gasteiger partial charge in [0.25, 0.3) is 0 Å². The molecule has 3 aromatic carbocycles. The van der Waals surface area contributed by atoms with Crippen molar-refractivity contribution in [2.45, 2.75) is 62.3 Å². The summed E-state index contributed by atoms with van der Waals surface area (Å²) < 4.78 is 84.3. The minimum absolute atomic E-state index is 0.0676. The molecule has 0 aliphatic carbocycles. The second-order valence-corrected chi connectivity index (χ2v) is 16.8. The molecule has 5 rings (SSSR count). The summed E-state index contributed by atoms with van der Waals surface area (Å²) in [6.45, 7) is 4.92. The molecule has 2 heterocycles. The standard InChI is InChI=1S/C38H41F3N4O7S2/c1-37(2,3)19-20-45(54(49,50)26-15-16-29-27(21-26)42-23-52-29)28(22-46)30-17-18-31(53-30)34(38(39,40)41)44-35(47)33(43-36(48)51-4)32(24-11-7-5-8-12-24)25-13-9-6-10-14-25/h5-18,21,23,28,32-34,46H,19-20,22H2,1-4H3,(H,43,48)(H,44,47)/t28-,33+,34-/m1/s1. The van der Waals surface area contributed by atoms with Gasteiger partial charge >= 0.3 is 12.3 Å². The number of aliphatic hydroxyl groups is 1. The van der Waals surface area contributed by atoms with Gasteiger partial charge in [0, 0.05) is 22.2 Å². The number of rotatable bonds is 14. The monoisotopic (exact) mass is 786 g/mol. The van der Waals surface area contributed by atoms with Crippen molar-refractivity contribution in [3.8, 4) is 0 Å². The van der Waals surface area contributed by atoms with Gasteiger partial charge in [0.05, 0.1) is 24.7 Å². The van der Waals surface area contributed by atoms with E-state index < -0.39 is 58.9 Å². The quantitative estimate of drug-likeness (QED) is 0.106. The molecule has 0 saturated carbocycles. The Balaban J connectivity index is 1.52. The van der Waals surface area contributed by atoms with Gasteiger partial charge in [-0.25, -0.2) is 18.2 Å². The predicted molar refractivity (Wildman–Crippen MR) is 197 cm³/mol. The summed E-state index contributed by atoms with van der Waals surface area (Å²) in [4.78, 5) is 30.3. The van der Waals surface area contributed by atoms with Crippen LogP contribution in [0.3, 0.4) is 0 Å². The van der Waals surface area contributed by atoms with Crippen LogP contribution in [-0.4, -0.2) is 67.3 Å². The van der Waals surface area contributed by atoms with Crippen molar-refractivity contribution in [1.29, 1.82) is 0 Å². The van der Waals surface area contributed by atoms with Crippen LogP contribution in [0.1, 0.15) is 66.1 Å². The molecule has 54 heavy (non-hydrogen) atoms. The normalized spacial score (nSPS) is 14.2. The molecule has 0 unspecified atom stereocenters. The number of methoxy groups -OCH3 is 1. The molecule has 3 N–H and O–H groups in total. The number of alkyl halides is 3. The largest absolute Gasteiger partial charge is 0.453 e. The van der Waals surface area contributed by atoms with Gasteiger partial charge < -0.3 is 24.9 Å². The summed E-state index contributed by atoms with van der Waals surface area (Å²) in [6, 6.07) is 18.3. The number of carbonyl (C=O) groups is 2. The fourth-order valence-corrected chi connectivity index (χ4v) is 8.86. The first kappa shape index (κ1) is 40.4. The Morgan fingerprint density at radius 1 is 0.926 bits per heavy atom. The van der Waals surface area contributed by atoms with Crippen molar-refractivity contribution >= 4 is 44.5 Å². The van der Waals surface area contributed by atoms with E-state index in [1.54, 1.807) is 60.7 Å². The van der Waals surface area contributed by atoms with Gasteiger partial charge in [-0.3, -0.25) is 4.79 Å². The second kappa shape index (κ2) is 16.7. The zero-order valence-corrected chi connectivity index (χ0v) is 31.5. The van der Waals surface area contributed by atoms with E-state index in [0.29, 0.717) is 34.5 Å². The fourth-order valence-electron chi connectivity index (χ4n) is 5.98. The number of hydrogen-bond acceptors (Lipinski definition) is 9. The molecule has 3 atom stereocenters. The van der Waals surface area contributed by atoms with Crippen LogP contribution in [0.25, 0.3) is 11.1 Å². The fraction of sp³-hybridized carbons (Fsp3) is 0.342. The van der Waals surface area contributed by atoms with Crippen LogP contribution in [0.15, 0.2) is 107 Å². The third-order valence-corrected chi connectivity index (χ3v) is 11.9. The van der Waals surface area contributed by atoms with E-state index in [1.165, 1.54) is 30.7 Å². The molecule has 2 aromatic heterocycles. The lowest BCUT2D eigenvalue weighted by atomic mass is 9.84. The average Bonchev–Trinajstić information content (AvgIpc) is 3.81. The number of hydrogen-bond donors (Lipinski definition) is 3. The molecular formula is C38H41F3N4O7S2. The van der Waals surface area contributed by atoms with E-state index in [1.807, 2.05) is 20.8 Å². The van der Waals surface area contributed by atoms with E-state index in [2.05, 4.69) is 15.6 Å². The number of amides is 2. The molecule has 0 fully saturated rings. The topological polar surface area (TPSA) is 151 Å². The van der Waals surface area contributed by atoms with E-state index in [0.717, 1.165) is 17.5 Å². The highest BCUT2D eigenvalue weighted by Crippen LogP contribution is 2.41. The molecule has 0 aliphatic rings. The number of aliphatic hydroxyl groups excluding tert-OH is 1. The number of carbonyl (C=O) groups excluding carboxylic acids is 2. The van der Waals surface area contributed by atoms with Crippen LogP contribution in [0.4, 0.5) is 18.0 Å².